The molecule has 1 aromatic carbocycles. The molecule has 0 spiro atoms. The maximum atomic E-state index is 12.9. The Morgan fingerprint density at radius 1 is 1.36 bits per heavy atom. The number of ether oxygens (including phenoxy) is 1. The maximum Gasteiger partial charge on any atom is 0.339 e. The molecule has 0 aromatic heterocycles. The molecule has 5 nitrogen and oxygen atoms in total. The van der Waals surface area contributed by atoms with E-state index < -0.39 is 16.0 Å². The number of rotatable bonds is 5. The number of methoxy groups -OCH3 is 1. The van der Waals surface area contributed by atoms with Gasteiger partial charge in [0.2, 0.25) is 10.0 Å². The topological polar surface area (TPSA) is 63.7 Å². The van der Waals surface area contributed by atoms with Crippen molar-refractivity contribution < 1.29 is 17.9 Å². The lowest BCUT2D eigenvalue weighted by Gasteiger charge is -2.27. The molecule has 0 radical (unpaired) electrons. The normalized spacial score (nSPS) is 16.2. The molecule has 0 saturated heterocycles. The minimum absolute atomic E-state index is 0.0558. The monoisotopic (exact) mass is 389 g/mol. The summed E-state index contributed by atoms with van der Waals surface area (Å²) in [5, 5.41) is 0. The van der Waals surface area contributed by atoms with Crippen LogP contribution in [-0.2, 0) is 14.8 Å². The molecule has 0 heterocycles. The lowest BCUT2D eigenvalue weighted by Crippen LogP contribution is -2.38. The van der Waals surface area contributed by atoms with E-state index in [2.05, 4.69) is 15.9 Å². The summed E-state index contributed by atoms with van der Waals surface area (Å²) in [7, 11) is -2.34. The minimum atomic E-state index is -3.61. The SMILES string of the molecule is CCN(C1CCCC1)S(=O)(=O)c1ccc(Br)c(C(=O)OC)c1. The number of hydrogen-bond acceptors (Lipinski definition) is 4. The summed E-state index contributed by atoms with van der Waals surface area (Å²) in [6, 6.07) is 4.52. The summed E-state index contributed by atoms with van der Waals surface area (Å²) in [4.78, 5) is 11.9. The van der Waals surface area contributed by atoms with E-state index in [0.717, 1.165) is 25.7 Å². The van der Waals surface area contributed by atoms with E-state index in [-0.39, 0.29) is 16.5 Å². The molecule has 2 rings (SSSR count). The standard InChI is InChI=1S/C15H20BrNO4S/c1-3-17(11-6-4-5-7-11)22(19,20)12-8-9-14(16)13(10-12)15(18)21-2/h8-11H,3-7H2,1-2H3. The Hall–Kier alpha value is -0.920. The van der Waals surface area contributed by atoms with Gasteiger partial charge >= 0.3 is 5.97 Å². The molecule has 0 unspecified atom stereocenters. The average molecular weight is 390 g/mol. The lowest BCUT2D eigenvalue weighted by atomic mass is 10.2. The molecule has 1 aliphatic carbocycles. The third kappa shape index (κ3) is 3.36. The van der Waals surface area contributed by atoms with Crippen LogP contribution in [0.1, 0.15) is 43.0 Å². The first-order valence-corrected chi connectivity index (χ1v) is 9.54. The Labute approximate surface area is 139 Å². The van der Waals surface area contributed by atoms with Crippen molar-refractivity contribution in [3.63, 3.8) is 0 Å². The first-order valence-electron chi connectivity index (χ1n) is 7.31. The van der Waals surface area contributed by atoms with Gasteiger partial charge in [0, 0.05) is 17.1 Å². The fraction of sp³-hybridized carbons (Fsp3) is 0.533. The number of halogens is 1. The van der Waals surface area contributed by atoms with E-state index in [1.807, 2.05) is 6.92 Å². The molecule has 1 fully saturated rings. The quantitative estimate of drug-likeness (QED) is 0.725. The first-order chi connectivity index (χ1) is 10.4. The van der Waals surface area contributed by atoms with E-state index in [4.69, 9.17) is 4.74 Å². The van der Waals surface area contributed by atoms with Gasteiger partial charge in [-0.25, -0.2) is 13.2 Å². The second-order valence-electron chi connectivity index (χ2n) is 5.28. The lowest BCUT2D eigenvalue weighted by molar-refractivity contribution is 0.0599. The van der Waals surface area contributed by atoms with Crippen LogP contribution in [0.15, 0.2) is 27.6 Å². The third-order valence-corrected chi connectivity index (χ3v) is 6.71. The summed E-state index contributed by atoms with van der Waals surface area (Å²) < 4.78 is 32.5. The Morgan fingerprint density at radius 3 is 2.55 bits per heavy atom. The highest BCUT2D eigenvalue weighted by atomic mass is 79.9. The number of sulfonamides is 1. The van der Waals surface area contributed by atoms with Crippen molar-refractivity contribution >= 4 is 31.9 Å². The van der Waals surface area contributed by atoms with Gasteiger partial charge in [-0.1, -0.05) is 19.8 Å². The highest BCUT2D eigenvalue weighted by Gasteiger charge is 2.32. The fourth-order valence-corrected chi connectivity index (χ4v) is 5.01. The fourth-order valence-electron chi connectivity index (χ4n) is 2.88. The van der Waals surface area contributed by atoms with Crippen molar-refractivity contribution in [2.45, 2.75) is 43.5 Å². The molecular weight excluding hydrogens is 370 g/mol. The van der Waals surface area contributed by atoms with Gasteiger partial charge in [-0.3, -0.25) is 0 Å². The summed E-state index contributed by atoms with van der Waals surface area (Å²) in [5.74, 6) is -0.562. The van der Waals surface area contributed by atoms with Crippen LogP contribution in [0.2, 0.25) is 0 Å². The summed E-state index contributed by atoms with van der Waals surface area (Å²) in [6.07, 6.45) is 3.91. The van der Waals surface area contributed by atoms with Gasteiger partial charge in [0.25, 0.3) is 0 Å². The minimum Gasteiger partial charge on any atom is -0.465 e. The van der Waals surface area contributed by atoms with E-state index in [1.165, 1.54) is 19.2 Å². The molecular formula is C15H20BrNO4S. The second kappa shape index (κ2) is 7.10. The zero-order chi connectivity index (χ0) is 16.3. The van der Waals surface area contributed by atoms with Gasteiger partial charge in [-0.2, -0.15) is 4.31 Å². The molecule has 1 saturated carbocycles. The smallest absolute Gasteiger partial charge is 0.339 e. The number of nitrogens with zero attached hydrogens (tertiary/aromatic N) is 1. The van der Waals surface area contributed by atoms with Crippen molar-refractivity contribution in [3.05, 3.63) is 28.2 Å². The number of carbonyl (C=O) groups is 1. The van der Waals surface area contributed by atoms with E-state index in [9.17, 15) is 13.2 Å². The highest BCUT2D eigenvalue weighted by Crippen LogP contribution is 2.30. The van der Waals surface area contributed by atoms with Crippen molar-refractivity contribution in [3.8, 4) is 0 Å². The van der Waals surface area contributed by atoms with Gasteiger partial charge in [0.1, 0.15) is 0 Å². The zero-order valence-corrected chi connectivity index (χ0v) is 15.1. The van der Waals surface area contributed by atoms with Gasteiger partial charge < -0.3 is 4.74 Å². The number of carbonyl (C=O) groups excluding carboxylic acids is 1. The van der Waals surface area contributed by atoms with Crippen LogP contribution in [0.4, 0.5) is 0 Å². The van der Waals surface area contributed by atoms with Crippen molar-refractivity contribution in [2.24, 2.45) is 0 Å². The van der Waals surface area contributed by atoms with Gasteiger partial charge in [-0.15, -0.1) is 0 Å². The van der Waals surface area contributed by atoms with E-state index in [0.29, 0.717) is 11.0 Å². The van der Waals surface area contributed by atoms with Crippen molar-refractivity contribution in [2.75, 3.05) is 13.7 Å². The maximum absolute atomic E-state index is 12.9. The number of hydrogen-bond donors (Lipinski definition) is 0. The van der Waals surface area contributed by atoms with Crippen molar-refractivity contribution in [1.29, 1.82) is 0 Å². The summed E-state index contributed by atoms with van der Waals surface area (Å²) in [5.41, 5.74) is 0.214. The predicted octanol–water partition coefficient (Wildman–Crippen LogP) is 3.19. The molecule has 1 aromatic rings. The second-order valence-corrected chi connectivity index (χ2v) is 8.02. The average Bonchev–Trinajstić information content (AvgIpc) is 3.01. The largest absolute Gasteiger partial charge is 0.465 e. The molecule has 0 aliphatic heterocycles. The van der Waals surface area contributed by atoms with Gasteiger partial charge in [0.05, 0.1) is 17.6 Å². The number of esters is 1. The van der Waals surface area contributed by atoms with Crippen LogP contribution in [0.25, 0.3) is 0 Å². The van der Waals surface area contributed by atoms with Gasteiger partial charge in [0.15, 0.2) is 0 Å². The van der Waals surface area contributed by atoms with E-state index in [1.54, 1.807) is 10.4 Å². The molecule has 22 heavy (non-hydrogen) atoms. The Balaban J connectivity index is 2.42. The molecule has 122 valence electrons. The van der Waals surface area contributed by atoms with Gasteiger partial charge in [-0.05, 0) is 47.0 Å². The molecule has 1 aliphatic rings. The Morgan fingerprint density at radius 2 is 2.00 bits per heavy atom. The molecule has 0 atom stereocenters. The Kier molecular flexibility index (Phi) is 5.63. The van der Waals surface area contributed by atoms with Crippen molar-refractivity contribution in [1.82, 2.24) is 4.31 Å². The van der Waals surface area contributed by atoms with Crippen LogP contribution < -0.4 is 0 Å². The van der Waals surface area contributed by atoms with Crippen LogP contribution in [0.5, 0.6) is 0 Å². The highest BCUT2D eigenvalue weighted by molar-refractivity contribution is 9.10. The summed E-state index contributed by atoms with van der Waals surface area (Å²) >= 11 is 3.25. The third-order valence-electron chi connectivity index (χ3n) is 3.99. The Bertz CT molecular complexity index is 654. The molecule has 0 amide bonds. The van der Waals surface area contributed by atoms with Crippen LogP contribution in [-0.4, -0.2) is 38.4 Å². The molecule has 0 bridgehead atoms. The first kappa shape index (κ1) is 17.4. The van der Waals surface area contributed by atoms with Crippen LogP contribution >= 0.6 is 15.9 Å². The molecule has 0 N–H and O–H groups in total. The predicted molar refractivity (Wildman–Crippen MR) is 87.3 cm³/mol. The van der Waals surface area contributed by atoms with E-state index >= 15 is 0 Å². The summed E-state index contributed by atoms with van der Waals surface area (Å²) in [6.45, 7) is 2.27. The molecule has 7 heteroatoms. The number of benzene rings is 1. The van der Waals surface area contributed by atoms with Crippen LogP contribution in [0, 0.1) is 0 Å². The zero-order valence-electron chi connectivity index (χ0n) is 12.7. The van der Waals surface area contributed by atoms with Crippen LogP contribution in [0.3, 0.4) is 0 Å².